The van der Waals surface area contributed by atoms with Gasteiger partial charge in [0.15, 0.2) is 0 Å². The molecule has 4 aromatic carbocycles. The molecule has 1 aliphatic heterocycles. The zero-order valence-corrected chi connectivity index (χ0v) is 33.3. The third kappa shape index (κ3) is 6.78. The normalized spacial score (nSPS) is 14.9. The maximum absolute atomic E-state index is 6.36. The predicted molar refractivity (Wildman–Crippen MR) is 223 cm³/mol. The Morgan fingerprint density at radius 3 is 1.62 bits per heavy atom. The second-order valence-corrected chi connectivity index (χ2v) is 17.0. The first-order valence-corrected chi connectivity index (χ1v) is 18.8. The van der Waals surface area contributed by atoms with Crippen LogP contribution in [0.1, 0.15) is 59.6 Å². The molecule has 4 N–H and O–H groups in total. The Labute approximate surface area is 308 Å². The first-order chi connectivity index (χ1) is 22.4. The number of anilines is 2. The quantitative estimate of drug-likeness (QED) is 0.138. The number of hydrogen-bond donors (Lipinski definition) is 2. The zero-order valence-electron chi connectivity index (χ0n) is 28.5. The van der Waals surface area contributed by atoms with Crippen LogP contribution >= 0.6 is 54.5 Å². The van der Waals surface area contributed by atoms with Gasteiger partial charge in [0.1, 0.15) is 0 Å². The molecule has 1 saturated heterocycles. The van der Waals surface area contributed by atoms with Crippen molar-refractivity contribution in [1.29, 1.82) is 0 Å². The van der Waals surface area contributed by atoms with Crippen molar-refractivity contribution in [3.63, 3.8) is 0 Å². The van der Waals surface area contributed by atoms with Crippen molar-refractivity contribution in [1.82, 2.24) is 0 Å². The molecule has 0 amide bonds. The van der Waals surface area contributed by atoms with Crippen molar-refractivity contribution in [2.75, 3.05) is 11.5 Å². The molecule has 0 unspecified atom stereocenters. The molecule has 2 aromatic heterocycles. The van der Waals surface area contributed by atoms with Crippen LogP contribution in [0.4, 0.5) is 11.4 Å². The molecule has 1 aliphatic rings. The number of nitrogens with two attached hydrogens (primary N) is 2. The second kappa shape index (κ2) is 13.8. The third-order valence-corrected chi connectivity index (χ3v) is 13.0. The highest BCUT2D eigenvalue weighted by molar-refractivity contribution is 9.11. The average Bonchev–Trinajstić information content (AvgIpc) is 3.64. The minimum absolute atomic E-state index is 0.239. The summed E-state index contributed by atoms with van der Waals surface area (Å²) in [6.07, 6.45) is 0. The van der Waals surface area contributed by atoms with Crippen molar-refractivity contribution in [3.8, 4) is 0 Å². The van der Waals surface area contributed by atoms with Crippen LogP contribution in [-0.4, -0.2) is 18.3 Å². The van der Waals surface area contributed by atoms with E-state index in [-0.39, 0.29) is 18.3 Å². The molecule has 9 heteroatoms. The van der Waals surface area contributed by atoms with E-state index in [1.54, 1.807) is 22.7 Å². The molecule has 0 aliphatic carbocycles. The fourth-order valence-electron chi connectivity index (χ4n) is 5.50. The van der Waals surface area contributed by atoms with Crippen molar-refractivity contribution < 1.29 is 9.31 Å². The van der Waals surface area contributed by atoms with Gasteiger partial charge in [-0.3, -0.25) is 0 Å². The third-order valence-electron chi connectivity index (χ3n) is 8.85. The van der Waals surface area contributed by atoms with E-state index in [1.807, 2.05) is 48.5 Å². The molecule has 0 saturated carbocycles. The van der Waals surface area contributed by atoms with Gasteiger partial charge in [-0.15, -0.1) is 29.3 Å². The predicted octanol–water partition coefficient (Wildman–Crippen LogP) is 13.1. The molecule has 1 fully saturated rings. The van der Waals surface area contributed by atoms with Crippen molar-refractivity contribution in [2.45, 2.75) is 59.7 Å². The monoisotopic (exact) mass is 802 g/mol. The molecule has 3 heterocycles. The van der Waals surface area contributed by atoms with E-state index in [2.05, 4.69) is 112 Å². The van der Waals surface area contributed by atoms with Crippen LogP contribution in [-0.2, 0) is 9.31 Å². The molecule has 248 valence electrons. The van der Waals surface area contributed by atoms with Gasteiger partial charge in [0, 0.05) is 56.9 Å². The lowest BCUT2D eigenvalue weighted by Gasteiger charge is -2.32. The Hall–Kier alpha value is -2.92. The fourth-order valence-corrected chi connectivity index (χ4v) is 9.31. The van der Waals surface area contributed by atoms with E-state index in [1.165, 1.54) is 40.3 Å². The van der Waals surface area contributed by atoms with Gasteiger partial charge >= 0.3 is 7.12 Å². The highest BCUT2D eigenvalue weighted by Gasteiger charge is 2.51. The molecule has 4 nitrogen and oxygen atoms in total. The summed E-state index contributed by atoms with van der Waals surface area (Å²) in [5.41, 5.74) is 18.4. The summed E-state index contributed by atoms with van der Waals surface area (Å²) in [7, 11) is -0.241. The topological polar surface area (TPSA) is 70.5 Å². The number of allylic oxidation sites excluding steroid dienone is 3. The van der Waals surface area contributed by atoms with Gasteiger partial charge in [0.2, 0.25) is 0 Å². The van der Waals surface area contributed by atoms with Crippen LogP contribution < -0.4 is 11.5 Å². The van der Waals surface area contributed by atoms with Gasteiger partial charge in [-0.2, -0.15) is 0 Å². The van der Waals surface area contributed by atoms with Crippen molar-refractivity contribution in [2.24, 2.45) is 0 Å². The van der Waals surface area contributed by atoms with E-state index in [9.17, 15) is 0 Å². The number of hydrogen-bond acceptors (Lipinski definition) is 6. The minimum Gasteiger partial charge on any atom is -0.400 e. The standard InChI is InChI=1S/C18H17NS.C12H7Br2NS.C9H17BO2/c1-10(2)13-9-14-12-7-5-6-8-15(12)20-18(14)16(11(3)4)17(13)19;13-8-5-7-6-3-1-2-4-9(6)16-12(7)10(14)11(8)15;1-7(2)10-11-8(3,4)9(5,6)12-10/h5-9H,1,3,19H2,2,4H3;1-5H,15H2;1H2,2-6H3. The maximum atomic E-state index is 6.36. The van der Waals surface area contributed by atoms with Crippen LogP contribution in [0.5, 0.6) is 0 Å². The van der Waals surface area contributed by atoms with Gasteiger partial charge in [0.25, 0.3) is 0 Å². The smallest absolute Gasteiger partial charge is 0.400 e. The zero-order chi connectivity index (χ0) is 35.3. The second-order valence-electron chi connectivity index (χ2n) is 13.2. The van der Waals surface area contributed by atoms with E-state index in [4.69, 9.17) is 20.8 Å². The summed E-state index contributed by atoms with van der Waals surface area (Å²) >= 11 is 10.6. The van der Waals surface area contributed by atoms with Gasteiger partial charge in [0.05, 0.1) is 26.1 Å². The molecule has 0 radical (unpaired) electrons. The summed E-state index contributed by atoms with van der Waals surface area (Å²) < 4.78 is 18.3. The van der Waals surface area contributed by atoms with E-state index in [0.29, 0.717) is 0 Å². The fraction of sp³-hybridized carbons (Fsp3) is 0.231. The van der Waals surface area contributed by atoms with Gasteiger partial charge in [-0.1, -0.05) is 55.0 Å². The Morgan fingerprint density at radius 2 is 1.17 bits per heavy atom. The van der Waals surface area contributed by atoms with Gasteiger partial charge < -0.3 is 20.8 Å². The largest absolute Gasteiger partial charge is 0.489 e. The van der Waals surface area contributed by atoms with Crippen molar-refractivity contribution >= 4 is 125 Å². The number of nitrogen functional groups attached to an aromatic ring is 2. The van der Waals surface area contributed by atoms with E-state index in [0.717, 1.165) is 48.1 Å². The molecular formula is C39H41BBr2N2O2S2. The molecule has 0 atom stereocenters. The number of rotatable bonds is 3. The van der Waals surface area contributed by atoms with Gasteiger partial charge in [-0.05, 0) is 116 Å². The SMILES string of the molecule is C=C(C)B1OC(C)(C)C(C)(C)O1.C=C(C)c1cc2c(sc3ccccc32)c(C(=C)C)c1N.Nc1c(Br)cc2c(sc3ccccc32)c1Br. The average molecular weight is 805 g/mol. The Kier molecular flexibility index (Phi) is 10.4. The van der Waals surface area contributed by atoms with Gasteiger partial charge in [-0.25, -0.2) is 0 Å². The minimum atomic E-state index is -0.241. The van der Waals surface area contributed by atoms with Crippen LogP contribution in [0.15, 0.2) is 94.8 Å². The van der Waals surface area contributed by atoms with Crippen LogP contribution in [0.2, 0.25) is 0 Å². The van der Waals surface area contributed by atoms with Crippen LogP contribution in [0, 0.1) is 0 Å². The first kappa shape index (κ1) is 36.4. The summed E-state index contributed by atoms with van der Waals surface area (Å²) in [5.74, 6) is 0. The molecule has 0 spiro atoms. The van der Waals surface area contributed by atoms with E-state index < -0.39 is 0 Å². The molecule has 6 aromatic rings. The summed E-state index contributed by atoms with van der Waals surface area (Å²) in [6.45, 7) is 26.0. The highest BCUT2D eigenvalue weighted by Crippen LogP contribution is 2.45. The maximum Gasteiger partial charge on any atom is 0.489 e. The lowest BCUT2D eigenvalue weighted by atomic mass is 9.81. The summed E-state index contributed by atoms with van der Waals surface area (Å²) in [5, 5.41) is 5.05. The molecule has 7 rings (SSSR count). The Morgan fingerprint density at radius 1 is 0.688 bits per heavy atom. The van der Waals surface area contributed by atoms with E-state index >= 15 is 0 Å². The number of thiophene rings is 2. The van der Waals surface area contributed by atoms with Crippen LogP contribution in [0.25, 0.3) is 51.5 Å². The van der Waals surface area contributed by atoms with Crippen LogP contribution in [0.3, 0.4) is 0 Å². The first-order valence-electron chi connectivity index (χ1n) is 15.6. The Bertz CT molecular complexity index is 2230. The summed E-state index contributed by atoms with van der Waals surface area (Å²) in [4.78, 5) is 0. The lowest BCUT2D eigenvalue weighted by molar-refractivity contribution is 0.00578. The molecule has 48 heavy (non-hydrogen) atoms. The molecular weight excluding hydrogens is 763 g/mol. The number of halogens is 2. The number of benzene rings is 4. The number of fused-ring (bicyclic) bond motifs is 6. The molecule has 0 bridgehead atoms. The lowest BCUT2D eigenvalue weighted by Crippen LogP contribution is -2.41. The van der Waals surface area contributed by atoms with Crippen molar-refractivity contribution in [3.05, 3.63) is 106 Å². The summed E-state index contributed by atoms with van der Waals surface area (Å²) in [6, 6.07) is 21.1. The Balaban J connectivity index is 0.000000146. The highest BCUT2D eigenvalue weighted by atomic mass is 79.9.